The predicted octanol–water partition coefficient (Wildman–Crippen LogP) is 3.60. The molecule has 5 nitrogen and oxygen atoms in total. The summed E-state index contributed by atoms with van der Waals surface area (Å²) in [5.41, 5.74) is 8.16. The molecule has 3 aromatic rings. The van der Waals surface area contributed by atoms with Gasteiger partial charge in [-0.2, -0.15) is 10.5 Å². The standard InChI is InChI=1S/C17H15N5S2/c1-10(20)5-15-13(8-19)16-17(24-15)14(6-11(7-18)22-16)21-9-12-3-2-4-23-12/h2-4,6,10H,5,9,20H2,1H3,(H,21,22)/t10-/m0/s1. The summed E-state index contributed by atoms with van der Waals surface area (Å²) in [5.74, 6) is 0. The number of anilines is 1. The highest BCUT2D eigenvalue weighted by Gasteiger charge is 2.18. The van der Waals surface area contributed by atoms with Crippen LogP contribution in [0.2, 0.25) is 0 Å². The average molecular weight is 353 g/mol. The third-order valence-electron chi connectivity index (χ3n) is 3.48. The van der Waals surface area contributed by atoms with Gasteiger partial charge in [-0.3, -0.25) is 0 Å². The van der Waals surface area contributed by atoms with Crippen LogP contribution in [0.25, 0.3) is 10.2 Å². The lowest BCUT2D eigenvalue weighted by Gasteiger charge is -2.06. The lowest BCUT2D eigenvalue weighted by atomic mass is 10.1. The molecule has 1 atom stereocenters. The highest BCUT2D eigenvalue weighted by Crippen LogP contribution is 2.36. The number of hydrogen-bond acceptors (Lipinski definition) is 7. The normalized spacial score (nSPS) is 11.8. The molecule has 0 unspecified atom stereocenters. The molecule has 3 heterocycles. The Morgan fingerprint density at radius 3 is 2.83 bits per heavy atom. The molecule has 0 saturated carbocycles. The Morgan fingerprint density at radius 1 is 1.38 bits per heavy atom. The number of aromatic nitrogens is 1. The Bertz CT molecular complexity index is 942. The summed E-state index contributed by atoms with van der Waals surface area (Å²) >= 11 is 3.20. The molecule has 0 fully saturated rings. The van der Waals surface area contributed by atoms with Gasteiger partial charge in [0.25, 0.3) is 0 Å². The molecular formula is C17H15N5S2. The number of nitrogens with zero attached hydrogens (tertiary/aromatic N) is 3. The van der Waals surface area contributed by atoms with E-state index in [1.165, 1.54) is 16.2 Å². The van der Waals surface area contributed by atoms with Crippen LogP contribution in [0, 0.1) is 22.7 Å². The van der Waals surface area contributed by atoms with Gasteiger partial charge in [-0.05, 0) is 30.9 Å². The van der Waals surface area contributed by atoms with E-state index in [9.17, 15) is 10.5 Å². The van der Waals surface area contributed by atoms with Gasteiger partial charge < -0.3 is 11.1 Å². The lowest BCUT2D eigenvalue weighted by Crippen LogP contribution is -2.17. The van der Waals surface area contributed by atoms with Gasteiger partial charge in [-0.1, -0.05) is 6.07 Å². The fraction of sp³-hybridized carbons (Fsp3) is 0.235. The van der Waals surface area contributed by atoms with Crippen LogP contribution >= 0.6 is 22.7 Å². The fourth-order valence-corrected chi connectivity index (χ4v) is 4.41. The Labute approximate surface area is 148 Å². The van der Waals surface area contributed by atoms with Crippen molar-refractivity contribution in [2.75, 3.05) is 5.32 Å². The van der Waals surface area contributed by atoms with Crippen molar-refractivity contribution in [3.8, 4) is 12.1 Å². The van der Waals surface area contributed by atoms with Gasteiger partial charge in [-0.15, -0.1) is 22.7 Å². The first-order valence-corrected chi connectivity index (χ1v) is 9.10. The molecule has 0 bridgehead atoms. The number of hydrogen-bond donors (Lipinski definition) is 2. The van der Waals surface area contributed by atoms with E-state index in [0.717, 1.165) is 15.3 Å². The number of thiophene rings is 2. The minimum absolute atomic E-state index is 0.0388. The van der Waals surface area contributed by atoms with Gasteiger partial charge in [0.2, 0.25) is 0 Å². The zero-order valence-electron chi connectivity index (χ0n) is 13.0. The molecule has 0 aromatic carbocycles. The van der Waals surface area contributed by atoms with Gasteiger partial charge in [-0.25, -0.2) is 4.98 Å². The largest absolute Gasteiger partial charge is 0.379 e. The van der Waals surface area contributed by atoms with Gasteiger partial charge in [0, 0.05) is 22.3 Å². The molecule has 7 heteroatoms. The van der Waals surface area contributed by atoms with Crippen molar-refractivity contribution in [1.29, 1.82) is 10.5 Å². The minimum atomic E-state index is -0.0388. The van der Waals surface area contributed by atoms with Crippen LogP contribution in [-0.4, -0.2) is 11.0 Å². The second kappa shape index (κ2) is 6.98. The fourth-order valence-electron chi connectivity index (χ4n) is 2.45. The van der Waals surface area contributed by atoms with E-state index < -0.39 is 0 Å². The summed E-state index contributed by atoms with van der Waals surface area (Å²) in [5, 5.41) is 24.2. The molecule has 0 radical (unpaired) electrons. The Morgan fingerprint density at radius 2 is 2.21 bits per heavy atom. The topological polar surface area (TPSA) is 98.5 Å². The Hall–Kier alpha value is -2.45. The van der Waals surface area contributed by atoms with Crippen molar-refractivity contribution in [3.63, 3.8) is 0 Å². The van der Waals surface area contributed by atoms with E-state index in [0.29, 0.717) is 29.7 Å². The minimum Gasteiger partial charge on any atom is -0.379 e. The van der Waals surface area contributed by atoms with Crippen LogP contribution in [0.1, 0.15) is 27.9 Å². The monoisotopic (exact) mass is 353 g/mol. The smallest absolute Gasteiger partial charge is 0.143 e. The van der Waals surface area contributed by atoms with E-state index in [4.69, 9.17) is 5.73 Å². The van der Waals surface area contributed by atoms with E-state index in [1.807, 2.05) is 18.4 Å². The first-order valence-electron chi connectivity index (χ1n) is 7.40. The first-order chi connectivity index (χ1) is 11.6. The summed E-state index contributed by atoms with van der Waals surface area (Å²) < 4.78 is 0.901. The van der Waals surface area contributed by atoms with Gasteiger partial charge in [0.1, 0.15) is 23.3 Å². The molecular weight excluding hydrogens is 338 g/mol. The maximum Gasteiger partial charge on any atom is 0.143 e. The summed E-state index contributed by atoms with van der Waals surface area (Å²) in [6.07, 6.45) is 0.621. The molecule has 24 heavy (non-hydrogen) atoms. The first kappa shape index (κ1) is 16.4. The van der Waals surface area contributed by atoms with Crippen molar-refractivity contribution in [1.82, 2.24) is 4.98 Å². The summed E-state index contributed by atoms with van der Waals surface area (Å²) in [6.45, 7) is 2.58. The maximum absolute atomic E-state index is 9.53. The van der Waals surface area contributed by atoms with Crippen LogP contribution < -0.4 is 11.1 Å². The van der Waals surface area contributed by atoms with E-state index >= 15 is 0 Å². The van der Waals surface area contributed by atoms with Gasteiger partial charge in [0.15, 0.2) is 0 Å². The third kappa shape index (κ3) is 3.24. The predicted molar refractivity (Wildman–Crippen MR) is 98.0 cm³/mol. The van der Waals surface area contributed by atoms with Crippen molar-refractivity contribution in [2.45, 2.75) is 25.9 Å². The molecule has 0 aliphatic carbocycles. The number of nitrogens with one attached hydrogen (secondary N) is 1. The highest BCUT2D eigenvalue weighted by atomic mass is 32.1. The van der Waals surface area contributed by atoms with Crippen LogP contribution in [0.3, 0.4) is 0 Å². The van der Waals surface area contributed by atoms with Crippen LogP contribution in [0.15, 0.2) is 23.6 Å². The zero-order chi connectivity index (χ0) is 17.1. The summed E-state index contributed by atoms with van der Waals surface area (Å²) in [6, 6.07) is 10.1. The number of pyridine rings is 1. The number of fused-ring (bicyclic) bond motifs is 1. The third-order valence-corrected chi connectivity index (χ3v) is 5.59. The lowest BCUT2D eigenvalue weighted by molar-refractivity contribution is 0.746. The summed E-state index contributed by atoms with van der Waals surface area (Å²) in [7, 11) is 0. The average Bonchev–Trinajstić information content (AvgIpc) is 3.18. The zero-order valence-corrected chi connectivity index (χ0v) is 14.7. The quantitative estimate of drug-likeness (QED) is 0.730. The molecule has 0 spiro atoms. The maximum atomic E-state index is 9.53. The molecule has 120 valence electrons. The second-order valence-corrected chi connectivity index (χ2v) is 7.61. The molecule has 3 aromatic heterocycles. The molecule has 0 aliphatic heterocycles. The van der Waals surface area contributed by atoms with Gasteiger partial charge >= 0.3 is 0 Å². The Balaban J connectivity index is 2.08. The molecule has 3 rings (SSSR count). The summed E-state index contributed by atoms with van der Waals surface area (Å²) in [4.78, 5) is 6.47. The van der Waals surface area contributed by atoms with Crippen molar-refractivity contribution in [2.24, 2.45) is 5.73 Å². The van der Waals surface area contributed by atoms with Crippen molar-refractivity contribution in [3.05, 3.63) is 44.6 Å². The number of nitrogens with two attached hydrogens (primary N) is 1. The Kier molecular flexibility index (Phi) is 4.77. The molecule has 0 saturated heterocycles. The van der Waals surface area contributed by atoms with E-state index in [-0.39, 0.29) is 6.04 Å². The van der Waals surface area contributed by atoms with E-state index in [2.05, 4.69) is 28.5 Å². The van der Waals surface area contributed by atoms with Crippen LogP contribution in [0.4, 0.5) is 5.69 Å². The molecule has 0 aliphatic rings. The highest BCUT2D eigenvalue weighted by molar-refractivity contribution is 7.20. The number of nitriles is 2. The molecule has 0 amide bonds. The SMILES string of the molecule is C[C@H](N)Cc1sc2c(NCc3cccs3)cc(C#N)nc2c1C#N. The van der Waals surface area contributed by atoms with Crippen LogP contribution in [-0.2, 0) is 13.0 Å². The second-order valence-electron chi connectivity index (χ2n) is 5.47. The van der Waals surface area contributed by atoms with Crippen molar-refractivity contribution < 1.29 is 0 Å². The van der Waals surface area contributed by atoms with Gasteiger partial charge in [0.05, 0.1) is 16.0 Å². The van der Waals surface area contributed by atoms with Crippen LogP contribution in [0.5, 0.6) is 0 Å². The molecule has 3 N–H and O–H groups in total. The van der Waals surface area contributed by atoms with E-state index in [1.54, 1.807) is 17.4 Å². The van der Waals surface area contributed by atoms with Crippen molar-refractivity contribution >= 4 is 38.6 Å². The number of rotatable bonds is 5.